The van der Waals surface area contributed by atoms with Gasteiger partial charge in [-0.05, 0) is 29.8 Å². The fraction of sp³-hybridized carbons (Fsp3) is 0.176. The molecule has 0 aliphatic carbocycles. The average Bonchev–Trinajstić information content (AvgIpc) is 2.58. The molecule has 6 heteroatoms. The van der Waals surface area contributed by atoms with Crippen LogP contribution in [0, 0.1) is 0 Å². The van der Waals surface area contributed by atoms with E-state index < -0.39 is 17.4 Å². The summed E-state index contributed by atoms with van der Waals surface area (Å²) in [5.41, 5.74) is 0.126. The Morgan fingerprint density at radius 1 is 1.13 bits per heavy atom. The standard InChI is InChI=1S/C17H16N2O4/c1-23-12-8-6-11(7-9-12)15(20)10-19-16(21)13-4-2-3-5-14(13)18-17(19)22/h2-9,15,20H,10H2,1H3,(H,18,22). The van der Waals surface area contributed by atoms with Crippen LogP contribution < -0.4 is 16.0 Å². The minimum atomic E-state index is -0.971. The Morgan fingerprint density at radius 2 is 1.83 bits per heavy atom. The van der Waals surface area contributed by atoms with Crippen molar-refractivity contribution in [3.8, 4) is 5.75 Å². The van der Waals surface area contributed by atoms with Crippen molar-refractivity contribution < 1.29 is 9.84 Å². The predicted molar refractivity (Wildman–Crippen MR) is 86.8 cm³/mol. The Labute approximate surface area is 131 Å². The first kappa shape index (κ1) is 15.1. The third-order valence-electron chi connectivity index (χ3n) is 3.75. The summed E-state index contributed by atoms with van der Waals surface area (Å²) in [5.74, 6) is 0.668. The molecule has 0 saturated carbocycles. The van der Waals surface area contributed by atoms with Crippen LogP contribution in [0.5, 0.6) is 5.75 Å². The molecule has 1 heterocycles. The van der Waals surface area contributed by atoms with Gasteiger partial charge in [-0.1, -0.05) is 24.3 Å². The molecule has 1 atom stereocenters. The number of hydrogen-bond acceptors (Lipinski definition) is 4. The number of benzene rings is 2. The Balaban J connectivity index is 1.97. The molecule has 2 N–H and O–H groups in total. The van der Waals surface area contributed by atoms with E-state index in [4.69, 9.17) is 4.74 Å². The lowest BCUT2D eigenvalue weighted by atomic mass is 10.1. The average molecular weight is 312 g/mol. The lowest BCUT2D eigenvalue weighted by Gasteiger charge is -2.13. The van der Waals surface area contributed by atoms with Gasteiger partial charge >= 0.3 is 5.69 Å². The van der Waals surface area contributed by atoms with Gasteiger partial charge in [-0.3, -0.25) is 9.36 Å². The van der Waals surface area contributed by atoms with Crippen LogP contribution in [-0.4, -0.2) is 21.8 Å². The molecule has 1 unspecified atom stereocenters. The number of para-hydroxylation sites is 1. The summed E-state index contributed by atoms with van der Waals surface area (Å²) < 4.78 is 6.07. The Morgan fingerprint density at radius 3 is 2.52 bits per heavy atom. The molecular formula is C17H16N2O4. The van der Waals surface area contributed by atoms with Crippen molar-refractivity contribution in [2.75, 3.05) is 7.11 Å². The third-order valence-corrected chi connectivity index (χ3v) is 3.75. The number of ether oxygens (including phenoxy) is 1. The van der Waals surface area contributed by atoms with Gasteiger partial charge in [0.25, 0.3) is 5.56 Å². The zero-order valence-electron chi connectivity index (χ0n) is 12.5. The number of nitrogens with one attached hydrogen (secondary N) is 1. The molecule has 23 heavy (non-hydrogen) atoms. The summed E-state index contributed by atoms with van der Waals surface area (Å²) in [5, 5.41) is 10.7. The number of nitrogens with zero attached hydrogens (tertiary/aromatic N) is 1. The Hall–Kier alpha value is -2.86. The molecule has 6 nitrogen and oxygen atoms in total. The van der Waals surface area contributed by atoms with Crippen LogP contribution in [0.1, 0.15) is 11.7 Å². The number of H-pyrrole nitrogens is 1. The summed E-state index contributed by atoms with van der Waals surface area (Å²) in [4.78, 5) is 27.2. The number of hydrogen-bond donors (Lipinski definition) is 2. The van der Waals surface area contributed by atoms with Gasteiger partial charge in [-0.2, -0.15) is 0 Å². The van der Waals surface area contributed by atoms with Gasteiger partial charge in [0, 0.05) is 0 Å². The number of aliphatic hydroxyl groups is 1. The largest absolute Gasteiger partial charge is 0.497 e. The van der Waals surface area contributed by atoms with Crippen molar-refractivity contribution >= 4 is 10.9 Å². The Bertz CT molecular complexity index is 941. The molecule has 0 spiro atoms. The predicted octanol–water partition coefficient (Wildman–Crippen LogP) is 1.43. The molecule has 118 valence electrons. The fourth-order valence-corrected chi connectivity index (χ4v) is 2.47. The van der Waals surface area contributed by atoms with E-state index in [1.54, 1.807) is 55.6 Å². The van der Waals surface area contributed by atoms with Crippen LogP contribution in [0.3, 0.4) is 0 Å². The van der Waals surface area contributed by atoms with E-state index in [-0.39, 0.29) is 6.54 Å². The molecule has 0 aliphatic heterocycles. The van der Waals surface area contributed by atoms with Crippen LogP contribution in [0.25, 0.3) is 10.9 Å². The molecule has 0 radical (unpaired) electrons. The molecule has 3 rings (SSSR count). The number of methoxy groups -OCH3 is 1. The van der Waals surface area contributed by atoms with Gasteiger partial charge in [0.05, 0.1) is 30.7 Å². The highest BCUT2D eigenvalue weighted by atomic mass is 16.5. The number of rotatable bonds is 4. The Kier molecular flexibility index (Phi) is 3.99. The van der Waals surface area contributed by atoms with E-state index in [0.717, 1.165) is 4.57 Å². The van der Waals surface area contributed by atoms with E-state index in [1.165, 1.54) is 0 Å². The maximum atomic E-state index is 12.4. The zero-order chi connectivity index (χ0) is 16.4. The van der Waals surface area contributed by atoms with Gasteiger partial charge in [-0.15, -0.1) is 0 Å². The summed E-state index contributed by atoms with van der Waals surface area (Å²) >= 11 is 0. The van der Waals surface area contributed by atoms with Crippen LogP contribution in [0.4, 0.5) is 0 Å². The normalized spacial score (nSPS) is 12.3. The number of fused-ring (bicyclic) bond motifs is 1. The van der Waals surface area contributed by atoms with Crippen molar-refractivity contribution in [3.05, 3.63) is 74.9 Å². The van der Waals surface area contributed by atoms with Crippen LogP contribution >= 0.6 is 0 Å². The second-order valence-electron chi connectivity index (χ2n) is 5.18. The first-order valence-electron chi connectivity index (χ1n) is 7.14. The van der Waals surface area contributed by atoms with Gasteiger partial charge in [0.1, 0.15) is 5.75 Å². The van der Waals surface area contributed by atoms with Gasteiger partial charge in [-0.25, -0.2) is 4.79 Å². The van der Waals surface area contributed by atoms with Crippen molar-refractivity contribution in [2.45, 2.75) is 12.6 Å². The zero-order valence-corrected chi connectivity index (χ0v) is 12.5. The van der Waals surface area contributed by atoms with Crippen LogP contribution in [-0.2, 0) is 6.54 Å². The molecule has 2 aromatic carbocycles. The van der Waals surface area contributed by atoms with E-state index >= 15 is 0 Å². The highest BCUT2D eigenvalue weighted by Crippen LogP contribution is 2.18. The van der Waals surface area contributed by atoms with Crippen LogP contribution in [0.2, 0.25) is 0 Å². The first-order valence-corrected chi connectivity index (χ1v) is 7.14. The SMILES string of the molecule is COc1ccc(C(O)Cn2c(=O)[nH]c3ccccc3c2=O)cc1. The molecule has 0 bridgehead atoms. The third kappa shape index (κ3) is 2.89. The molecular weight excluding hydrogens is 296 g/mol. The summed E-state index contributed by atoms with van der Waals surface area (Å²) in [6.45, 7) is -0.120. The van der Waals surface area contributed by atoms with E-state index in [0.29, 0.717) is 22.2 Å². The van der Waals surface area contributed by atoms with Crippen molar-refractivity contribution in [3.63, 3.8) is 0 Å². The van der Waals surface area contributed by atoms with Gasteiger partial charge in [0.2, 0.25) is 0 Å². The molecule has 0 amide bonds. The lowest BCUT2D eigenvalue weighted by molar-refractivity contribution is 0.153. The second-order valence-corrected chi connectivity index (χ2v) is 5.18. The molecule has 0 aliphatic rings. The van der Waals surface area contributed by atoms with E-state index in [2.05, 4.69) is 4.98 Å². The first-order chi connectivity index (χ1) is 11.1. The summed E-state index contributed by atoms with van der Waals surface area (Å²) in [6.07, 6.45) is -0.971. The minimum Gasteiger partial charge on any atom is -0.497 e. The molecule has 0 saturated heterocycles. The minimum absolute atomic E-state index is 0.120. The fourth-order valence-electron chi connectivity index (χ4n) is 2.47. The van der Waals surface area contributed by atoms with Crippen LogP contribution in [0.15, 0.2) is 58.1 Å². The molecule has 3 aromatic rings. The van der Waals surface area contributed by atoms with Crippen molar-refractivity contribution in [1.29, 1.82) is 0 Å². The highest BCUT2D eigenvalue weighted by Gasteiger charge is 2.13. The number of aromatic nitrogens is 2. The lowest BCUT2D eigenvalue weighted by Crippen LogP contribution is -2.36. The van der Waals surface area contributed by atoms with E-state index in [1.807, 2.05) is 0 Å². The van der Waals surface area contributed by atoms with Gasteiger partial charge in [0.15, 0.2) is 0 Å². The van der Waals surface area contributed by atoms with Gasteiger partial charge < -0.3 is 14.8 Å². The topological polar surface area (TPSA) is 84.3 Å². The molecule has 0 fully saturated rings. The highest BCUT2D eigenvalue weighted by molar-refractivity contribution is 5.76. The number of aromatic amines is 1. The van der Waals surface area contributed by atoms with Crippen molar-refractivity contribution in [2.24, 2.45) is 0 Å². The summed E-state index contributed by atoms with van der Waals surface area (Å²) in [7, 11) is 1.56. The maximum absolute atomic E-state index is 12.4. The van der Waals surface area contributed by atoms with Crippen molar-refractivity contribution in [1.82, 2.24) is 9.55 Å². The number of aliphatic hydroxyl groups excluding tert-OH is 1. The smallest absolute Gasteiger partial charge is 0.328 e. The quantitative estimate of drug-likeness (QED) is 0.763. The second kappa shape index (κ2) is 6.10. The summed E-state index contributed by atoms with van der Waals surface area (Å²) in [6, 6.07) is 13.6. The van der Waals surface area contributed by atoms with E-state index in [9.17, 15) is 14.7 Å². The molecule has 1 aromatic heterocycles. The maximum Gasteiger partial charge on any atom is 0.328 e. The monoisotopic (exact) mass is 312 g/mol.